The third-order valence-electron chi connectivity index (χ3n) is 2.35. The SMILES string of the molecule is CC(=O)C(C)NC(=O)c1cc(C)ccc1O. The van der Waals surface area contributed by atoms with E-state index in [9.17, 15) is 14.7 Å². The van der Waals surface area contributed by atoms with Gasteiger partial charge in [0.25, 0.3) is 5.91 Å². The fraction of sp³-hybridized carbons (Fsp3) is 0.333. The maximum absolute atomic E-state index is 11.7. The largest absolute Gasteiger partial charge is 0.507 e. The van der Waals surface area contributed by atoms with Gasteiger partial charge in [-0.2, -0.15) is 0 Å². The Morgan fingerprint density at radius 1 is 1.38 bits per heavy atom. The van der Waals surface area contributed by atoms with Crippen LogP contribution in [0.25, 0.3) is 0 Å². The van der Waals surface area contributed by atoms with E-state index in [2.05, 4.69) is 5.32 Å². The van der Waals surface area contributed by atoms with Gasteiger partial charge in [-0.05, 0) is 32.9 Å². The summed E-state index contributed by atoms with van der Waals surface area (Å²) in [6.07, 6.45) is 0. The fourth-order valence-corrected chi connectivity index (χ4v) is 1.21. The quantitative estimate of drug-likeness (QED) is 0.811. The highest BCUT2D eigenvalue weighted by atomic mass is 16.3. The molecule has 0 fully saturated rings. The third-order valence-corrected chi connectivity index (χ3v) is 2.35. The number of aryl methyl sites for hydroxylation is 1. The maximum Gasteiger partial charge on any atom is 0.255 e. The zero-order valence-electron chi connectivity index (χ0n) is 9.57. The first-order valence-electron chi connectivity index (χ1n) is 5.02. The summed E-state index contributed by atoms with van der Waals surface area (Å²) in [5, 5.41) is 12.0. The number of hydrogen-bond acceptors (Lipinski definition) is 3. The van der Waals surface area contributed by atoms with E-state index in [4.69, 9.17) is 0 Å². The minimum atomic E-state index is -0.549. The zero-order chi connectivity index (χ0) is 12.3. The van der Waals surface area contributed by atoms with Gasteiger partial charge in [0.05, 0.1) is 11.6 Å². The molecule has 4 heteroatoms. The molecule has 1 amide bonds. The van der Waals surface area contributed by atoms with Crippen molar-refractivity contribution >= 4 is 11.7 Å². The van der Waals surface area contributed by atoms with Crippen LogP contribution in [0, 0.1) is 6.92 Å². The zero-order valence-corrected chi connectivity index (χ0v) is 9.57. The van der Waals surface area contributed by atoms with E-state index in [1.807, 2.05) is 6.92 Å². The molecule has 16 heavy (non-hydrogen) atoms. The summed E-state index contributed by atoms with van der Waals surface area (Å²) >= 11 is 0. The smallest absolute Gasteiger partial charge is 0.255 e. The second-order valence-electron chi connectivity index (χ2n) is 3.83. The van der Waals surface area contributed by atoms with Crippen molar-refractivity contribution in [3.05, 3.63) is 29.3 Å². The second-order valence-corrected chi connectivity index (χ2v) is 3.83. The van der Waals surface area contributed by atoms with Crippen LogP contribution in [-0.2, 0) is 4.79 Å². The van der Waals surface area contributed by atoms with E-state index < -0.39 is 11.9 Å². The molecule has 0 heterocycles. The fourth-order valence-electron chi connectivity index (χ4n) is 1.21. The van der Waals surface area contributed by atoms with E-state index in [0.717, 1.165) is 5.56 Å². The van der Waals surface area contributed by atoms with Gasteiger partial charge in [0.2, 0.25) is 0 Å². The van der Waals surface area contributed by atoms with E-state index in [1.54, 1.807) is 19.1 Å². The summed E-state index contributed by atoms with van der Waals surface area (Å²) in [5.74, 6) is -0.650. The van der Waals surface area contributed by atoms with Crippen LogP contribution in [0.2, 0.25) is 0 Å². The average Bonchev–Trinajstić information content (AvgIpc) is 2.21. The Kier molecular flexibility index (Phi) is 3.66. The highest BCUT2D eigenvalue weighted by Crippen LogP contribution is 2.17. The van der Waals surface area contributed by atoms with Crippen LogP contribution in [0.4, 0.5) is 0 Å². The van der Waals surface area contributed by atoms with Crippen LogP contribution in [0.5, 0.6) is 5.75 Å². The van der Waals surface area contributed by atoms with Crippen molar-refractivity contribution in [3.8, 4) is 5.75 Å². The minimum absolute atomic E-state index is 0.0844. The molecule has 0 bridgehead atoms. The van der Waals surface area contributed by atoms with Crippen molar-refractivity contribution in [1.82, 2.24) is 5.32 Å². The molecule has 0 spiro atoms. The molecule has 0 aliphatic rings. The Balaban J connectivity index is 2.88. The first-order valence-corrected chi connectivity index (χ1v) is 5.02. The predicted molar refractivity (Wildman–Crippen MR) is 60.5 cm³/mol. The third kappa shape index (κ3) is 2.82. The number of Topliss-reactive ketones (excluding diaryl/α,β-unsaturated/α-hetero) is 1. The van der Waals surface area contributed by atoms with Crippen molar-refractivity contribution in [2.75, 3.05) is 0 Å². The Labute approximate surface area is 94.3 Å². The van der Waals surface area contributed by atoms with Crippen LogP contribution in [0.1, 0.15) is 29.8 Å². The Morgan fingerprint density at radius 2 is 2.00 bits per heavy atom. The molecule has 0 radical (unpaired) electrons. The minimum Gasteiger partial charge on any atom is -0.507 e. The van der Waals surface area contributed by atoms with Crippen LogP contribution in [-0.4, -0.2) is 22.8 Å². The van der Waals surface area contributed by atoms with E-state index >= 15 is 0 Å². The van der Waals surface area contributed by atoms with Crippen molar-refractivity contribution in [1.29, 1.82) is 0 Å². The lowest BCUT2D eigenvalue weighted by Crippen LogP contribution is -2.37. The molecule has 0 aliphatic heterocycles. The molecule has 0 aliphatic carbocycles. The van der Waals surface area contributed by atoms with Crippen LogP contribution in [0.3, 0.4) is 0 Å². The molecule has 1 aromatic carbocycles. The Hall–Kier alpha value is -1.84. The molecular weight excluding hydrogens is 206 g/mol. The second kappa shape index (κ2) is 4.79. The number of ketones is 1. The number of carbonyl (C=O) groups is 2. The normalized spacial score (nSPS) is 11.9. The van der Waals surface area contributed by atoms with Crippen LogP contribution in [0.15, 0.2) is 18.2 Å². The predicted octanol–water partition coefficient (Wildman–Crippen LogP) is 1.41. The van der Waals surface area contributed by atoms with Gasteiger partial charge in [0.15, 0.2) is 5.78 Å². The van der Waals surface area contributed by atoms with Gasteiger partial charge in [0, 0.05) is 0 Å². The van der Waals surface area contributed by atoms with Gasteiger partial charge in [-0.1, -0.05) is 11.6 Å². The summed E-state index contributed by atoms with van der Waals surface area (Å²) in [6, 6.07) is 4.20. The lowest BCUT2D eigenvalue weighted by atomic mass is 10.1. The highest BCUT2D eigenvalue weighted by molar-refractivity contribution is 5.99. The lowest BCUT2D eigenvalue weighted by Gasteiger charge is -2.11. The van der Waals surface area contributed by atoms with Gasteiger partial charge < -0.3 is 10.4 Å². The number of benzene rings is 1. The lowest BCUT2D eigenvalue weighted by molar-refractivity contribution is -0.118. The summed E-state index contributed by atoms with van der Waals surface area (Å²) in [4.78, 5) is 22.7. The van der Waals surface area contributed by atoms with E-state index in [1.165, 1.54) is 13.0 Å². The number of phenolic OH excluding ortho intramolecular Hbond substituents is 1. The topological polar surface area (TPSA) is 66.4 Å². The van der Waals surface area contributed by atoms with Gasteiger partial charge in [-0.25, -0.2) is 0 Å². The van der Waals surface area contributed by atoms with Crippen LogP contribution < -0.4 is 5.32 Å². The first kappa shape index (κ1) is 12.2. The van der Waals surface area contributed by atoms with Crippen molar-refractivity contribution in [3.63, 3.8) is 0 Å². The average molecular weight is 221 g/mol. The number of carbonyl (C=O) groups excluding carboxylic acids is 2. The molecule has 86 valence electrons. The maximum atomic E-state index is 11.7. The molecule has 1 atom stereocenters. The molecule has 0 saturated carbocycles. The monoisotopic (exact) mass is 221 g/mol. The molecule has 0 saturated heterocycles. The number of nitrogens with one attached hydrogen (secondary N) is 1. The van der Waals surface area contributed by atoms with E-state index in [0.29, 0.717) is 0 Å². The van der Waals surface area contributed by atoms with Crippen molar-refractivity contribution in [2.24, 2.45) is 0 Å². The Morgan fingerprint density at radius 3 is 2.56 bits per heavy atom. The summed E-state index contributed by atoms with van der Waals surface area (Å²) in [5.41, 5.74) is 1.06. The highest BCUT2D eigenvalue weighted by Gasteiger charge is 2.15. The Bertz CT molecular complexity index is 426. The molecule has 1 aromatic rings. The van der Waals surface area contributed by atoms with Crippen LogP contribution >= 0.6 is 0 Å². The van der Waals surface area contributed by atoms with Crippen molar-refractivity contribution < 1.29 is 14.7 Å². The molecule has 2 N–H and O–H groups in total. The van der Waals surface area contributed by atoms with Gasteiger partial charge in [-0.3, -0.25) is 9.59 Å². The molecule has 1 rings (SSSR count). The van der Waals surface area contributed by atoms with E-state index in [-0.39, 0.29) is 17.1 Å². The van der Waals surface area contributed by atoms with Gasteiger partial charge >= 0.3 is 0 Å². The standard InChI is InChI=1S/C12H15NO3/c1-7-4-5-11(15)10(6-7)12(16)13-8(2)9(3)14/h4-6,8,15H,1-3H3,(H,13,16). The van der Waals surface area contributed by atoms with Crippen molar-refractivity contribution in [2.45, 2.75) is 26.8 Å². The molecular formula is C12H15NO3. The summed E-state index contributed by atoms with van der Waals surface area (Å²) in [7, 11) is 0. The molecule has 4 nitrogen and oxygen atoms in total. The molecule has 0 aromatic heterocycles. The number of rotatable bonds is 3. The first-order chi connectivity index (χ1) is 7.41. The molecule has 1 unspecified atom stereocenters. The summed E-state index contributed by atoms with van der Waals surface area (Å²) < 4.78 is 0. The number of aromatic hydroxyl groups is 1. The number of hydrogen-bond donors (Lipinski definition) is 2. The number of amides is 1. The summed E-state index contributed by atoms with van der Waals surface area (Å²) in [6.45, 7) is 4.83. The van der Waals surface area contributed by atoms with Gasteiger partial charge in [-0.15, -0.1) is 0 Å². The number of phenols is 1. The van der Waals surface area contributed by atoms with Gasteiger partial charge in [0.1, 0.15) is 5.75 Å².